The summed E-state index contributed by atoms with van der Waals surface area (Å²) in [5.74, 6) is 0.888. The first kappa shape index (κ1) is 13.4. The van der Waals surface area contributed by atoms with Gasteiger partial charge >= 0.3 is 0 Å². The Morgan fingerprint density at radius 1 is 0.895 bits per heavy atom. The Hall–Kier alpha value is -2.02. The molecule has 2 aromatic rings. The maximum Gasteiger partial charge on any atom is 0.118 e. The van der Waals surface area contributed by atoms with Gasteiger partial charge in [0.1, 0.15) is 5.75 Å². The Balaban J connectivity index is 2.16. The second-order valence-electron chi connectivity index (χ2n) is 5.19. The van der Waals surface area contributed by atoms with Crippen molar-refractivity contribution in [2.75, 3.05) is 7.11 Å². The van der Waals surface area contributed by atoms with Crippen molar-refractivity contribution in [3.05, 3.63) is 71.8 Å². The van der Waals surface area contributed by atoms with Crippen molar-refractivity contribution in [1.29, 1.82) is 0 Å². The summed E-state index contributed by atoms with van der Waals surface area (Å²) in [6.45, 7) is 4.45. The lowest BCUT2D eigenvalue weighted by atomic mass is 9.84. The maximum absolute atomic E-state index is 5.16. The molecule has 0 aliphatic rings. The molecule has 0 amide bonds. The van der Waals surface area contributed by atoms with Crippen LogP contribution in [0.4, 0.5) is 0 Å². The van der Waals surface area contributed by atoms with Crippen LogP contribution in [0.2, 0.25) is 0 Å². The fraction of sp³-hybridized carbons (Fsp3) is 0.222. The Kier molecular flexibility index (Phi) is 4.06. The number of benzene rings is 2. The molecule has 0 N–H and O–H groups in total. The van der Waals surface area contributed by atoms with Gasteiger partial charge in [0.05, 0.1) is 7.11 Å². The highest BCUT2D eigenvalue weighted by atomic mass is 16.5. The van der Waals surface area contributed by atoms with Crippen molar-refractivity contribution in [2.45, 2.75) is 19.3 Å². The maximum atomic E-state index is 5.16. The molecule has 0 aromatic heterocycles. The molecule has 0 atom stereocenters. The summed E-state index contributed by atoms with van der Waals surface area (Å²) in [7, 11) is 1.68. The predicted octanol–water partition coefficient (Wildman–Crippen LogP) is 4.69. The Morgan fingerprint density at radius 3 is 2.11 bits per heavy atom. The highest BCUT2D eigenvalue weighted by Gasteiger charge is 2.15. The van der Waals surface area contributed by atoms with E-state index in [1.54, 1.807) is 7.11 Å². The molecule has 2 rings (SSSR count). The van der Waals surface area contributed by atoms with E-state index in [0.29, 0.717) is 0 Å². The topological polar surface area (TPSA) is 9.23 Å². The molecule has 0 aliphatic heterocycles. The first-order valence-electron chi connectivity index (χ1n) is 6.51. The summed E-state index contributed by atoms with van der Waals surface area (Å²) < 4.78 is 5.16. The summed E-state index contributed by atoms with van der Waals surface area (Å²) >= 11 is 0. The van der Waals surface area contributed by atoms with E-state index in [1.165, 1.54) is 11.1 Å². The van der Waals surface area contributed by atoms with Crippen LogP contribution in [0.3, 0.4) is 0 Å². The predicted molar refractivity (Wildman–Crippen MR) is 81.5 cm³/mol. The van der Waals surface area contributed by atoms with Gasteiger partial charge in [-0.3, -0.25) is 0 Å². The number of hydrogen-bond acceptors (Lipinski definition) is 1. The number of allylic oxidation sites excluding steroid dienone is 1. The molecule has 0 aliphatic carbocycles. The summed E-state index contributed by atoms with van der Waals surface area (Å²) in [6, 6.07) is 18.6. The van der Waals surface area contributed by atoms with E-state index >= 15 is 0 Å². The summed E-state index contributed by atoms with van der Waals surface area (Å²) in [6.07, 6.45) is 4.40. The molecule has 0 heterocycles. The highest BCUT2D eigenvalue weighted by molar-refractivity contribution is 5.53. The summed E-state index contributed by atoms with van der Waals surface area (Å²) in [5, 5.41) is 0. The van der Waals surface area contributed by atoms with Crippen molar-refractivity contribution >= 4 is 6.08 Å². The second-order valence-corrected chi connectivity index (χ2v) is 5.19. The quantitative estimate of drug-likeness (QED) is 0.767. The lowest BCUT2D eigenvalue weighted by molar-refractivity contribution is 0.415. The lowest BCUT2D eigenvalue weighted by Gasteiger charge is -2.20. The van der Waals surface area contributed by atoms with Crippen molar-refractivity contribution in [2.24, 2.45) is 0 Å². The first-order chi connectivity index (χ1) is 9.12. The Morgan fingerprint density at radius 2 is 1.53 bits per heavy atom. The van der Waals surface area contributed by atoms with Gasteiger partial charge in [0.2, 0.25) is 0 Å². The number of methoxy groups -OCH3 is 1. The zero-order valence-corrected chi connectivity index (χ0v) is 11.8. The average Bonchev–Trinajstić information content (AvgIpc) is 2.47. The van der Waals surface area contributed by atoms with Gasteiger partial charge in [-0.05, 0) is 23.3 Å². The van der Waals surface area contributed by atoms with Crippen LogP contribution in [0.1, 0.15) is 25.0 Å². The zero-order chi connectivity index (χ0) is 13.7. The molecule has 0 unspecified atom stereocenters. The molecule has 0 saturated carbocycles. The van der Waals surface area contributed by atoms with Gasteiger partial charge in [0.25, 0.3) is 0 Å². The fourth-order valence-corrected chi connectivity index (χ4v) is 1.98. The van der Waals surface area contributed by atoms with E-state index in [0.717, 1.165) is 5.75 Å². The van der Waals surface area contributed by atoms with Crippen LogP contribution in [0, 0.1) is 0 Å². The molecule has 0 radical (unpaired) electrons. The molecule has 0 saturated heterocycles. The summed E-state index contributed by atoms with van der Waals surface area (Å²) in [4.78, 5) is 0. The molecule has 0 bridgehead atoms. The molecule has 0 fully saturated rings. The largest absolute Gasteiger partial charge is 0.497 e. The van der Waals surface area contributed by atoms with Gasteiger partial charge in [-0.25, -0.2) is 0 Å². The standard InChI is InChI=1S/C18H20O/c1-18(2,16-7-5-4-6-8-16)14-13-15-9-11-17(19-3)12-10-15/h4-14H,1-3H3. The van der Waals surface area contributed by atoms with Crippen LogP contribution in [-0.4, -0.2) is 7.11 Å². The minimum absolute atomic E-state index is 0.0290. The molecule has 19 heavy (non-hydrogen) atoms. The minimum Gasteiger partial charge on any atom is -0.497 e. The van der Waals surface area contributed by atoms with Crippen LogP contribution in [0.25, 0.3) is 6.08 Å². The number of ether oxygens (including phenoxy) is 1. The average molecular weight is 252 g/mol. The smallest absolute Gasteiger partial charge is 0.118 e. The van der Waals surface area contributed by atoms with E-state index in [2.05, 4.69) is 62.4 Å². The van der Waals surface area contributed by atoms with Crippen LogP contribution in [-0.2, 0) is 5.41 Å². The van der Waals surface area contributed by atoms with Crippen molar-refractivity contribution in [3.8, 4) is 5.75 Å². The Bertz CT molecular complexity index is 536. The van der Waals surface area contributed by atoms with Gasteiger partial charge < -0.3 is 4.74 Å². The van der Waals surface area contributed by atoms with Crippen LogP contribution in [0.15, 0.2) is 60.7 Å². The molecular formula is C18H20O. The highest BCUT2D eigenvalue weighted by Crippen LogP contribution is 2.25. The molecule has 98 valence electrons. The van der Waals surface area contributed by atoms with Crippen LogP contribution >= 0.6 is 0 Å². The number of hydrogen-bond donors (Lipinski definition) is 0. The third-order valence-electron chi connectivity index (χ3n) is 3.33. The lowest BCUT2D eigenvalue weighted by Crippen LogP contribution is -2.12. The molecule has 2 aromatic carbocycles. The number of rotatable bonds is 4. The van der Waals surface area contributed by atoms with E-state index in [4.69, 9.17) is 4.74 Å². The van der Waals surface area contributed by atoms with Gasteiger partial charge in [0.15, 0.2) is 0 Å². The van der Waals surface area contributed by atoms with Crippen molar-refractivity contribution < 1.29 is 4.74 Å². The van der Waals surface area contributed by atoms with Gasteiger partial charge in [-0.2, -0.15) is 0 Å². The molecule has 0 spiro atoms. The van der Waals surface area contributed by atoms with Crippen LogP contribution in [0.5, 0.6) is 5.75 Å². The zero-order valence-electron chi connectivity index (χ0n) is 11.8. The van der Waals surface area contributed by atoms with E-state index in [1.807, 2.05) is 18.2 Å². The third-order valence-corrected chi connectivity index (χ3v) is 3.33. The molecule has 1 heteroatoms. The SMILES string of the molecule is COc1ccc(C=CC(C)(C)c2ccccc2)cc1. The minimum atomic E-state index is 0.0290. The normalized spacial score (nSPS) is 11.7. The van der Waals surface area contributed by atoms with Crippen molar-refractivity contribution in [3.63, 3.8) is 0 Å². The van der Waals surface area contributed by atoms with E-state index < -0.39 is 0 Å². The van der Waals surface area contributed by atoms with Crippen molar-refractivity contribution in [1.82, 2.24) is 0 Å². The third kappa shape index (κ3) is 3.47. The summed E-state index contributed by atoms with van der Waals surface area (Å²) in [5.41, 5.74) is 2.53. The first-order valence-corrected chi connectivity index (χ1v) is 6.51. The van der Waals surface area contributed by atoms with Gasteiger partial charge in [-0.15, -0.1) is 0 Å². The molecular weight excluding hydrogens is 232 g/mol. The Labute approximate surface area is 115 Å². The van der Waals surface area contributed by atoms with Gasteiger partial charge in [-0.1, -0.05) is 68.5 Å². The monoisotopic (exact) mass is 252 g/mol. The second kappa shape index (κ2) is 5.75. The van der Waals surface area contributed by atoms with Crippen LogP contribution < -0.4 is 4.74 Å². The fourth-order valence-electron chi connectivity index (χ4n) is 1.98. The molecule has 1 nitrogen and oxygen atoms in total. The van der Waals surface area contributed by atoms with E-state index in [9.17, 15) is 0 Å². The van der Waals surface area contributed by atoms with E-state index in [-0.39, 0.29) is 5.41 Å². The van der Waals surface area contributed by atoms with Gasteiger partial charge in [0, 0.05) is 5.41 Å².